The third-order valence-electron chi connectivity index (χ3n) is 5.10. The first-order valence-corrected chi connectivity index (χ1v) is 9.96. The maximum absolute atomic E-state index is 12.4. The van der Waals surface area contributed by atoms with E-state index in [4.69, 9.17) is 16.1 Å². The molecule has 0 bridgehead atoms. The number of rotatable bonds is 6. The van der Waals surface area contributed by atoms with Crippen molar-refractivity contribution in [3.8, 4) is 0 Å². The highest BCUT2D eigenvalue weighted by atomic mass is 35.5. The van der Waals surface area contributed by atoms with E-state index in [1.165, 1.54) is 0 Å². The van der Waals surface area contributed by atoms with Gasteiger partial charge in [-0.05, 0) is 41.8 Å². The van der Waals surface area contributed by atoms with Gasteiger partial charge in [0.05, 0.1) is 0 Å². The fraction of sp³-hybridized carbons (Fsp3) is 0.136. The molecule has 3 heterocycles. The van der Waals surface area contributed by atoms with Gasteiger partial charge in [0, 0.05) is 52.2 Å². The van der Waals surface area contributed by atoms with E-state index < -0.39 is 0 Å². The molecule has 0 atom stereocenters. The van der Waals surface area contributed by atoms with Crippen LogP contribution in [-0.2, 0) is 12.8 Å². The Bertz CT molecular complexity index is 1350. The molecule has 0 saturated carbocycles. The Labute approximate surface area is 176 Å². The summed E-state index contributed by atoms with van der Waals surface area (Å²) in [6.07, 6.45) is 4.99. The minimum atomic E-state index is -0.384. The van der Waals surface area contributed by atoms with Crippen LogP contribution in [0.25, 0.3) is 21.8 Å². The monoisotopic (exact) mass is 419 g/mol. The van der Waals surface area contributed by atoms with Gasteiger partial charge in [0.15, 0.2) is 5.82 Å². The van der Waals surface area contributed by atoms with Crippen LogP contribution >= 0.6 is 11.6 Å². The fourth-order valence-electron chi connectivity index (χ4n) is 3.61. The number of benzene rings is 2. The Morgan fingerprint density at radius 3 is 2.73 bits per heavy atom. The minimum absolute atomic E-state index is 0.0354. The number of aromatic nitrogens is 4. The SMILES string of the molecule is O=C(NCCc1c[nH]c2ccc(Cl)cc12)c1nc(Cc2c[nH]c3ccccc23)no1. The number of aromatic amines is 2. The third-order valence-corrected chi connectivity index (χ3v) is 5.33. The van der Waals surface area contributed by atoms with Crippen molar-refractivity contribution < 1.29 is 9.32 Å². The smallest absolute Gasteiger partial charge is 0.315 e. The van der Waals surface area contributed by atoms with Crippen molar-refractivity contribution in [2.24, 2.45) is 0 Å². The first-order valence-electron chi connectivity index (χ1n) is 9.58. The molecule has 5 rings (SSSR count). The van der Waals surface area contributed by atoms with Gasteiger partial charge in [-0.2, -0.15) is 4.98 Å². The van der Waals surface area contributed by atoms with Crippen LogP contribution in [0.4, 0.5) is 0 Å². The van der Waals surface area contributed by atoms with E-state index in [-0.39, 0.29) is 11.8 Å². The Balaban J connectivity index is 1.22. The molecule has 0 aliphatic rings. The van der Waals surface area contributed by atoms with Gasteiger partial charge in [0.1, 0.15) is 0 Å². The summed E-state index contributed by atoms with van der Waals surface area (Å²) in [6, 6.07) is 13.7. The molecule has 0 fully saturated rings. The zero-order valence-corrected chi connectivity index (χ0v) is 16.7. The number of hydrogen-bond acceptors (Lipinski definition) is 4. The van der Waals surface area contributed by atoms with Crippen molar-refractivity contribution in [2.45, 2.75) is 12.8 Å². The molecule has 0 aliphatic heterocycles. The molecular formula is C22H18ClN5O2. The standard InChI is InChI=1S/C22H18ClN5O2/c23-15-5-6-19-17(10-15)13(11-25-19)7-8-24-21(29)22-27-20(28-30-22)9-14-12-26-18-4-2-1-3-16(14)18/h1-6,10-12,25-26H,7-9H2,(H,24,29). The van der Waals surface area contributed by atoms with Crippen molar-refractivity contribution in [1.29, 1.82) is 0 Å². The molecule has 3 aromatic heterocycles. The molecule has 0 spiro atoms. The Hall–Kier alpha value is -3.58. The number of carbonyl (C=O) groups is 1. The van der Waals surface area contributed by atoms with E-state index in [1.807, 2.05) is 54.9 Å². The average Bonchev–Trinajstić information content (AvgIpc) is 3.48. The lowest BCUT2D eigenvalue weighted by Gasteiger charge is -2.02. The first kappa shape index (κ1) is 18.4. The molecule has 1 amide bonds. The van der Waals surface area contributed by atoms with Crippen LogP contribution in [0, 0.1) is 0 Å². The lowest BCUT2D eigenvalue weighted by molar-refractivity contribution is 0.0910. The van der Waals surface area contributed by atoms with Crippen molar-refractivity contribution >= 4 is 39.3 Å². The molecule has 2 aromatic carbocycles. The molecular weight excluding hydrogens is 402 g/mol. The average molecular weight is 420 g/mol. The molecule has 8 heteroatoms. The molecule has 150 valence electrons. The van der Waals surface area contributed by atoms with Crippen LogP contribution in [-0.4, -0.2) is 32.6 Å². The largest absolute Gasteiger partial charge is 0.361 e. The van der Waals surface area contributed by atoms with Crippen LogP contribution in [0.3, 0.4) is 0 Å². The summed E-state index contributed by atoms with van der Waals surface area (Å²) in [5.41, 5.74) is 4.20. The molecule has 0 saturated heterocycles. The number of nitrogens with zero attached hydrogens (tertiary/aromatic N) is 2. The van der Waals surface area contributed by atoms with Gasteiger partial charge < -0.3 is 19.8 Å². The van der Waals surface area contributed by atoms with Crippen LogP contribution in [0.15, 0.2) is 59.4 Å². The van der Waals surface area contributed by atoms with Gasteiger partial charge in [0.2, 0.25) is 0 Å². The second-order valence-corrected chi connectivity index (χ2v) is 7.50. The molecule has 30 heavy (non-hydrogen) atoms. The molecule has 5 aromatic rings. The van der Waals surface area contributed by atoms with Gasteiger partial charge in [-0.25, -0.2) is 0 Å². The van der Waals surface area contributed by atoms with E-state index in [1.54, 1.807) is 0 Å². The van der Waals surface area contributed by atoms with Gasteiger partial charge >= 0.3 is 11.8 Å². The zero-order chi connectivity index (χ0) is 20.5. The normalized spacial score (nSPS) is 11.4. The molecule has 7 nitrogen and oxygen atoms in total. The predicted molar refractivity (Wildman–Crippen MR) is 115 cm³/mol. The number of hydrogen-bond donors (Lipinski definition) is 3. The van der Waals surface area contributed by atoms with E-state index in [2.05, 4.69) is 25.4 Å². The van der Waals surface area contributed by atoms with E-state index >= 15 is 0 Å². The highest BCUT2D eigenvalue weighted by Crippen LogP contribution is 2.23. The number of carbonyl (C=O) groups excluding carboxylic acids is 1. The summed E-state index contributed by atoms with van der Waals surface area (Å²) in [4.78, 5) is 23.0. The number of amides is 1. The van der Waals surface area contributed by atoms with Crippen LogP contribution < -0.4 is 5.32 Å². The topological polar surface area (TPSA) is 99.6 Å². The zero-order valence-electron chi connectivity index (χ0n) is 15.9. The van der Waals surface area contributed by atoms with E-state index in [9.17, 15) is 4.79 Å². The second-order valence-electron chi connectivity index (χ2n) is 7.06. The second kappa shape index (κ2) is 7.68. The molecule has 0 unspecified atom stereocenters. The van der Waals surface area contributed by atoms with Crippen LogP contribution in [0.2, 0.25) is 5.02 Å². The van der Waals surface area contributed by atoms with Gasteiger partial charge in [-0.3, -0.25) is 4.79 Å². The Morgan fingerprint density at radius 2 is 1.83 bits per heavy atom. The third kappa shape index (κ3) is 3.55. The number of H-pyrrole nitrogens is 2. The predicted octanol–water partition coefficient (Wildman–Crippen LogP) is 4.25. The Kier molecular flexibility index (Phi) is 4.72. The minimum Gasteiger partial charge on any atom is -0.361 e. The summed E-state index contributed by atoms with van der Waals surface area (Å²) in [6.45, 7) is 0.443. The molecule has 0 radical (unpaired) electrons. The van der Waals surface area contributed by atoms with E-state index in [0.29, 0.717) is 30.2 Å². The summed E-state index contributed by atoms with van der Waals surface area (Å²) < 4.78 is 5.15. The fourth-order valence-corrected chi connectivity index (χ4v) is 3.78. The van der Waals surface area contributed by atoms with E-state index in [0.717, 1.165) is 32.9 Å². The summed E-state index contributed by atoms with van der Waals surface area (Å²) in [7, 11) is 0. The highest BCUT2D eigenvalue weighted by molar-refractivity contribution is 6.31. The van der Waals surface area contributed by atoms with Crippen LogP contribution in [0.5, 0.6) is 0 Å². The lowest BCUT2D eigenvalue weighted by Crippen LogP contribution is -2.26. The summed E-state index contributed by atoms with van der Waals surface area (Å²) in [5, 5.41) is 9.61. The maximum Gasteiger partial charge on any atom is 0.315 e. The number of fused-ring (bicyclic) bond motifs is 2. The van der Waals surface area contributed by atoms with Gasteiger partial charge in [-0.1, -0.05) is 35.0 Å². The Morgan fingerprint density at radius 1 is 1.03 bits per heavy atom. The highest BCUT2D eigenvalue weighted by Gasteiger charge is 2.16. The summed E-state index contributed by atoms with van der Waals surface area (Å²) in [5.74, 6) is 0.0496. The van der Waals surface area contributed by atoms with Crippen molar-refractivity contribution in [3.05, 3.63) is 82.7 Å². The van der Waals surface area contributed by atoms with Crippen molar-refractivity contribution in [2.75, 3.05) is 6.54 Å². The van der Waals surface area contributed by atoms with Crippen LogP contribution in [0.1, 0.15) is 27.6 Å². The summed E-state index contributed by atoms with van der Waals surface area (Å²) >= 11 is 6.08. The number of halogens is 1. The maximum atomic E-state index is 12.4. The molecule has 3 N–H and O–H groups in total. The lowest BCUT2D eigenvalue weighted by atomic mass is 10.1. The van der Waals surface area contributed by atoms with Crippen molar-refractivity contribution in [1.82, 2.24) is 25.4 Å². The number of para-hydroxylation sites is 1. The number of nitrogens with one attached hydrogen (secondary N) is 3. The molecule has 0 aliphatic carbocycles. The quantitative estimate of drug-likeness (QED) is 0.383. The van der Waals surface area contributed by atoms with Gasteiger partial charge in [-0.15, -0.1) is 0 Å². The first-order chi connectivity index (χ1) is 14.7. The van der Waals surface area contributed by atoms with Crippen molar-refractivity contribution in [3.63, 3.8) is 0 Å². The van der Waals surface area contributed by atoms with Gasteiger partial charge in [0.25, 0.3) is 0 Å².